The highest BCUT2D eigenvalue weighted by Crippen LogP contribution is 2.25. The van der Waals surface area contributed by atoms with Crippen molar-refractivity contribution in [2.24, 2.45) is 5.10 Å². The Labute approximate surface area is 156 Å². The van der Waals surface area contributed by atoms with Gasteiger partial charge in [0.05, 0.1) is 23.2 Å². The van der Waals surface area contributed by atoms with E-state index in [1.807, 2.05) is 25.3 Å². The van der Waals surface area contributed by atoms with E-state index in [1.165, 1.54) is 5.01 Å². The summed E-state index contributed by atoms with van der Waals surface area (Å²) >= 11 is 5.92. The van der Waals surface area contributed by atoms with Gasteiger partial charge in [-0.15, -0.1) is 0 Å². The van der Waals surface area contributed by atoms with Crippen LogP contribution in [-0.4, -0.2) is 42.7 Å². The monoisotopic (exact) mass is 370 g/mol. The van der Waals surface area contributed by atoms with E-state index in [0.717, 1.165) is 37.8 Å². The molecule has 0 N–H and O–H groups in total. The van der Waals surface area contributed by atoms with Crippen molar-refractivity contribution in [1.29, 1.82) is 0 Å². The van der Waals surface area contributed by atoms with Crippen LogP contribution in [0.5, 0.6) is 0 Å². The average molecular weight is 371 g/mol. The van der Waals surface area contributed by atoms with Crippen molar-refractivity contribution >= 4 is 34.8 Å². The summed E-state index contributed by atoms with van der Waals surface area (Å²) in [6, 6.07) is 11.0. The Balaban J connectivity index is 1.45. The van der Waals surface area contributed by atoms with Gasteiger partial charge in [-0.05, 0) is 37.3 Å². The summed E-state index contributed by atoms with van der Waals surface area (Å²) in [6.07, 6.45) is 3.61. The molecule has 0 saturated carbocycles. The predicted octanol–water partition coefficient (Wildman–Crippen LogP) is 3.36. The summed E-state index contributed by atoms with van der Waals surface area (Å²) in [5.74, 6) is 0.777. The molecule has 1 fully saturated rings. The number of piperazine rings is 1. The number of furan rings is 1. The molecule has 1 saturated heterocycles. The largest absolute Gasteiger partial charge is 0.449 e. The third kappa shape index (κ3) is 3.20. The predicted molar refractivity (Wildman–Crippen MR) is 103 cm³/mol. The quantitative estimate of drug-likeness (QED) is 0.777. The summed E-state index contributed by atoms with van der Waals surface area (Å²) in [6.45, 7) is 5.21. The van der Waals surface area contributed by atoms with Gasteiger partial charge in [-0.2, -0.15) is 10.1 Å². The van der Waals surface area contributed by atoms with E-state index in [-0.39, 0.29) is 5.91 Å². The average Bonchev–Trinajstić information content (AvgIpc) is 3.28. The fourth-order valence-corrected chi connectivity index (χ4v) is 3.25. The van der Waals surface area contributed by atoms with Crippen molar-refractivity contribution in [1.82, 2.24) is 4.90 Å². The summed E-state index contributed by atoms with van der Waals surface area (Å²) < 4.78 is 5.45. The summed E-state index contributed by atoms with van der Waals surface area (Å²) in [7, 11) is 0. The van der Waals surface area contributed by atoms with Gasteiger partial charge in [-0.25, -0.2) is 0 Å². The van der Waals surface area contributed by atoms with Crippen LogP contribution < -0.4 is 9.91 Å². The van der Waals surface area contributed by atoms with E-state index in [4.69, 9.17) is 16.0 Å². The molecule has 0 radical (unpaired) electrons. The third-order valence-corrected chi connectivity index (χ3v) is 4.83. The molecule has 2 aliphatic rings. The van der Waals surface area contributed by atoms with Gasteiger partial charge in [0.2, 0.25) is 0 Å². The first-order valence-corrected chi connectivity index (χ1v) is 8.89. The standard InChI is InChI=1S/C19H19ClN4O2/c1-14-17(19(25)24(21-14)16-6-4-15(20)5-7-16)13-22-8-10-23(11-9-22)18-3-2-12-26-18/h2-7,12-13H,8-11H2,1H3/b17-13-. The van der Waals surface area contributed by atoms with Gasteiger partial charge in [0.1, 0.15) is 0 Å². The second-order valence-corrected chi connectivity index (χ2v) is 6.73. The molecule has 1 aromatic carbocycles. The highest BCUT2D eigenvalue weighted by atomic mass is 35.5. The molecule has 4 rings (SSSR count). The van der Waals surface area contributed by atoms with Crippen LogP contribution in [0.3, 0.4) is 0 Å². The minimum Gasteiger partial charge on any atom is -0.449 e. The number of hydrogen-bond acceptors (Lipinski definition) is 5. The van der Waals surface area contributed by atoms with E-state index in [9.17, 15) is 4.79 Å². The van der Waals surface area contributed by atoms with Gasteiger partial charge in [0.25, 0.3) is 5.91 Å². The molecular weight excluding hydrogens is 352 g/mol. The molecule has 1 aromatic heterocycles. The molecule has 0 spiro atoms. The van der Waals surface area contributed by atoms with Gasteiger partial charge >= 0.3 is 0 Å². The topological polar surface area (TPSA) is 52.3 Å². The number of carbonyl (C=O) groups is 1. The van der Waals surface area contributed by atoms with E-state index >= 15 is 0 Å². The van der Waals surface area contributed by atoms with Gasteiger partial charge in [-0.1, -0.05) is 11.6 Å². The fourth-order valence-electron chi connectivity index (χ4n) is 3.13. The van der Waals surface area contributed by atoms with Crippen LogP contribution in [0, 0.1) is 0 Å². The zero-order valence-corrected chi connectivity index (χ0v) is 15.2. The molecule has 26 heavy (non-hydrogen) atoms. The van der Waals surface area contributed by atoms with Crippen molar-refractivity contribution in [3.05, 3.63) is 59.5 Å². The van der Waals surface area contributed by atoms with Gasteiger partial charge in [-0.3, -0.25) is 4.79 Å². The number of hydrazone groups is 1. The zero-order valence-electron chi connectivity index (χ0n) is 14.4. The summed E-state index contributed by atoms with van der Waals surface area (Å²) in [5.41, 5.74) is 2.06. The van der Waals surface area contributed by atoms with Crippen LogP contribution in [0.25, 0.3) is 0 Å². The molecule has 1 amide bonds. The number of amides is 1. The highest BCUT2D eigenvalue weighted by Gasteiger charge is 2.30. The molecular formula is C19H19ClN4O2. The second kappa shape index (κ2) is 6.88. The number of rotatable bonds is 3. The smallest absolute Gasteiger partial charge is 0.282 e. The number of nitrogens with zero attached hydrogens (tertiary/aromatic N) is 4. The number of benzene rings is 1. The lowest BCUT2D eigenvalue weighted by molar-refractivity contribution is -0.114. The Morgan fingerprint density at radius 3 is 2.50 bits per heavy atom. The first-order chi connectivity index (χ1) is 12.6. The van der Waals surface area contributed by atoms with Crippen LogP contribution in [0.1, 0.15) is 6.92 Å². The molecule has 2 aliphatic heterocycles. The van der Waals surface area contributed by atoms with Gasteiger partial charge in [0.15, 0.2) is 5.88 Å². The fraction of sp³-hybridized carbons (Fsp3) is 0.263. The minimum atomic E-state index is -0.113. The van der Waals surface area contributed by atoms with E-state index < -0.39 is 0 Å². The Bertz CT molecular complexity index is 850. The van der Waals surface area contributed by atoms with Crippen LogP contribution in [0.4, 0.5) is 11.6 Å². The lowest BCUT2D eigenvalue weighted by Crippen LogP contribution is -2.44. The maximum Gasteiger partial charge on any atom is 0.282 e. The molecule has 7 heteroatoms. The van der Waals surface area contributed by atoms with E-state index in [0.29, 0.717) is 16.3 Å². The maximum absolute atomic E-state index is 12.8. The molecule has 0 unspecified atom stereocenters. The van der Waals surface area contributed by atoms with Crippen LogP contribution >= 0.6 is 11.6 Å². The Morgan fingerprint density at radius 2 is 1.85 bits per heavy atom. The number of halogens is 1. The van der Waals surface area contributed by atoms with Crippen molar-refractivity contribution in [3.8, 4) is 0 Å². The third-order valence-electron chi connectivity index (χ3n) is 4.58. The lowest BCUT2D eigenvalue weighted by atomic mass is 10.1. The van der Waals surface area contributed by atoms with E-state index in [2.05, 4.69) is 14.9 Å². The van der Waals surface area contributed by atoms with Gasteiger partial charge < -0.3 is 14.2 Å². The molecule has 3 heterocycles. The zero-order chi connectivity index (χ0) is 18.1. The van der Waals surface area contributed by atoms with Crippen molar-refractivity contribution in [3.63, 3.8) is 0 Å². The van der Waals surface area contributed by atoms with E-state index in [1.54, 1.807) is 30.5 Å². The normalized spacial score (nSPS) is 19.5. The van der Waals surface area contributed by atoms with Crippen molar-refractivity contribution < 1.29 is 9.21 Å². The number of anilines is 2. The van der Waals surface area contributed by atoms with Crippen molar-refractivity contribution in [2.45, 2.75) is 6.92 Å². The van der Waals surface area contributed by atoms with Gasteiger partial charge in [0, 0.05) is 43.5 Å². The Kier molecular flexibility index (Phi) is 4.42. The molecule has 0 atom stereocenters. The van der Waals surface area contributed by atoms with Crippen molar-refractivity contribution in [2.75, 3.05) is 36.1 Å². The Hall–Kier alpha value is -2.73. The number of hydrogen-bond donors (Lipinski definition) is 0. The first-order valence-electron chi connectivity index (χ1n) is 8.52. The molecule has 2 aromatic rings. The van der Waals surface area contributed by atoms with Crippen LogP contribution in [-0.2, 0) is 4.79 Å². The summed E-state index contributed by atoms with van der Waals surface area (Å²) in [4.78, 5) is 17.1. The molecule has 0 bridgehead atoms. The first kappa shape index (κ1) is 16.7. The maximum atomic E-state index is 12.8. The molecule has 134 valence electrons. The lowest BCUT2D eigenvalue weighted by Gasteiger charge is -2.34. The SMILES string of the molecule is CC1=NN(c2ccc(Cl)cc2)C(=O)/C1=C\N1CCN(c2ccco2)CC1. The minimum absolute atomic E-state index is 0.113. The molecule has 0 aliphatic carbocycles. The Morgan fingerprint density at radius 1 is 1.12 bits per heavy atom. The molecule has 6 nitrogen and oxygen atoms in total. The number of carbonyl (C=O) groups excluding carboxylic acids is 1. The summed E-state index contributed by atoms with van der Waals surface area (Å²) in [5, 5.41) is 6.47. The van der Waals surface area contributed by atoms with Crippen LogP contribution in [0.15, 0.2) is 64.0 Å². The highest BCUT2D eigenvalue weighted by molar-refractivity contribution is 6.31. The second-order valence-electron chi connectivity index (χ2n) is 6.30. The van der Waals surface area contributed by atoms with Crippen LogP contribution in [0.2, 0.25) is 5.02 Å².